The number of allylic oxidation sites excluding steroid dienone is 5. The number of fused-ring (bicyclic) bond motifs is 3. The topological polar surface area (TPSA) is 12.4 Å². The molecule has 0 saturated heterocycles. The fourth-order valence-electron chi connectivity index (χ4n) is 7.94. The molecule has 0 fully saturated rings. The molecule has 0 spiro atoms. The summed E-state index contributed by atoms with van der Waals surface area (Å²) in [6.07, 6.45) is 8.43. The van der Waals surface area contributed by atoms with Gasteiger partial charge in [0.2, 0.25) is 0 Å². The van der Waals surface area contributed by atoms with Gasteiger partial charge in [-0.2, -0.15) is 0 Å². The molecule has 0 saturated carbocycles. The molecule has 0 aromatic heterocycles. The number of aliphatic imine (C=N–C) groups is 1. The predicted octanol–water partition coefficient (Wildman–Crippen LogP) is 15.3. The standard InChI is InChI=1S/C44H37N.C9H10.C2H6/c1-5-32-15-9-10-18-37(32)38-19-11-13-21-41(38)44(4)42-22-14-12-20-39(42)40-29-36(27-28-43(40)44)35-25-23-34(24-26-35)31(3)45-30(2)33-16-7-6-8-17-33;1-8(2)9-6-4-3-5-7-9;1-2/h5-23,25,27-29H,1-2,24,26H2,3-4H3;3-7H,1H2,2H3;1-2H3. The highest BCUT2D eigenvalue weighted by Gasteiger charge is 2.42. The van der Waals surface area contributed by atoms with Crippen LogP contribution in [0.4, 0.5) is 0 Å². The molecule has 278 valence electrons. The van der Waals surface area contributed by atoms with Gasteiger partial charge < -0.3 is 0 Å². The number of hydrogen-bond acceptors (Lipinski definition) is 1. The number of rotatable bonds is 8. The molecular weight excluding hydrogens is 675 g/mol. The molecule has 0 bridgehead atoms. The highest BCUT2D eigenvalue weighted by Crippen LogP contribution is 2.55. The van der Waals surface area contributed by atoms with Crippen molar-refractivity contribution in [1.82, 2.24) is 0 Å². The maximum Gasteiger partial charge on any atom is 0.0633 e. The maximum atomic E-state index is 4.84. The van der Waals surface area contributed by atoms with Crippen molar-refractivity contribution in [2.75, 3.05) is 0 Å². The average molecular weight is 728 g/mol. The van der Waals surface area contributed by atoms with Crippen LogP contribution in [0.25, 0.3) is 45.2 Å². The third-order valence-corrected chi connectivity index (χ3v) is 10.9. The third-order valence-electron chi connectivity index (χ3n) is 10.9. The van der Waals surface area contributed by atoms with Crippen molar-refractivity contribution in [1.29, 1.82) is 0 Å². The van der Waals surface area contributed by atoms with Crippen molar-refractivity contribution in [3.63, 3.8) is 0 Å². The van der Waals surface area contributed by atoms with E-state index in [9.17, 15) is 0 Å². The number of benzene rings is 6. The molecule has 1 nitrogen and oxygen atoms in total. The van der Waals surface area contributed by atoms with E-state index in [2.05, 4.69) is 161 Å². The Bertz CT molecular complexity index is 2450. The van der Waals surface area contributed by atoms with Crippen LogP contribution in [0.2, 0.25) is 0 Å². The third kappa shape index (κ3) is 8.04. The van der Waals surface area contributed by atoms with Crippen molar-refractivity contribution in [3.05, 3.63) is 228 Å². The zero-order valence-electron chi connectivity index (χ0n) is 33.6. The Morgan fingerprint density at radius 2 is 1.09 bits per heavy atom. The van der Waals surface area contributed by atoms with Crippen molar-refractivity contribution >= 4 is 28.6 Å². The van der Waals surface area contributed by atoms with E-state index in [-0.39, 0.29) is 5.41 Å². The van der Waals surface area contributed by atoms with Gasteiger partial charge in [0.15, 0.2) is 0 Å². The minimum Gasteiger partial charge on any atom is -0.253 e. The van der Waals surface area contributed by atoms with Crippen LogP contribution in [0.3, 0.4) is 0 Å². The van der Waals surface area contributed by atoms with Gasteiger partial charge in [-0.3, -0.25) is 4.99 Å². The summed E-state index contributed by atoms with van der Waals surface area (Å²) in [7, 11) is 0. The second-order valence-corrected chi connectivity index (χ2v) is 14.3. The molecule has 2 aliphatic rings. The van der Waals surface area contributed by atoms with E-state index in [1.54, 1.807) is 0 Å². The Labute approximate surface area is 335 Å². The van der Waals surface area contributed by atoms with Crippen molar-refractivity contribution in [3.8, 4) is 22.3 Å². The first kappa shape index (κ1) is 39.4. The Balaban J connectivity index is 0.000000422. The molecular formula is C55H53N. The van der Waals surface area contributed by atoms with E-state index >= 15 is 0 Å². The molecule has 1 heteroatoms. The Kier molecular flexibility index (Phi) is 12.6. The van der Waals surface area contributed by atoms with E-state index in [1.165, 1.54) is 61.2 Å². The summed E-state index contributed by atoms with van der Waals surface area (Å²) in [4.78, 5) is 4.84. The fraction of sp³-hybridized carbons (Fsp3) is 0.145. The summed E-state index contributed by atoms with van der Waals surface area (Å²) < 4.78 is 0. The van der Waals surface area contributed by atoms with E-state index < -0.39 is 0 Å². The monoisotopic (exact) mass is 727 g/mol. The van der Waals surface area contributed by atoms with Gasteiger partial charge in [-0.25, -0.2) is 0 Å². The van der Waals surface area contributed by atoms with Crippen LogP contribution in [-0.4, -0.2) is 5.71 Å². The highest BCUT2D eigenvalue weighted by atomic mass is 14.8. The molecule has 6 aromatic rings. The van der Waals surface area contributed by atoms with Gasteiger partial charge in [0, 0.05) is 11.1 Å². The van der Waals surface area contributed by atoms with E-state index in [4.69, 9.17) is 4.99 Å². The van der Waals surface area contributed by atoms with E-state index in [1.807, 2.05) is 63.2 Å². The second kappa shape index (κ2) is 17.9. The summed E-state index contributed by atoms with van der Waals surface area (Å²) in [5.74, 6) is 0. The van der Waals surface area contributed by atoms with Crippen LogP contribution in [0.15, 0.2) is 194 Å². The summed E-state index contributed by atoms with van der Waals surface area (Å²) in [5, 5.41) is 0. The molecule has 6 aromatic carbocycles. The van der Waals surface area contributed by atoms with Crippen LogP contribution in [0, 0.1) is 0 Å². The molecule has 2 aliphatic carbocycles. The van der Waals surface area contributed by atoms with Crippen LogP contribution >= 0.6 is 0 Å². The van der Waals surface area contributed by atoms with Crippen LogP contribution in [-0.2, 0) is 5.41 Å². The first-order valence-electron chi connectivity index (χ1n) is 19.8. The van der Waals surface area contributed by atoms with Gasteiger partial charge in [0.05, 0.1) is 5.70 Å². The fourth-order valence-corrected chi connectivity index (χ4v) is 7.94. The van der Waals surface area contributed by atoms with Gasteiger partial charge in [0.1, 0.15) is 0 Å². The Morgan fingerprint density at radius 1 is 0.571 bits per heavy atom. The van der Waals surface area contributed by atoms with Gasteiger partial charge >= 0.3 is 0 Å². The second-order valence-electron chi connectivity index (χ2n) is 14.3. The van der Waals surface area contributed by atoms with Crippen molar-refractivity contribution < 1.29 is 0 Å². The van der Waals surface area contributed by atoms with Gasteiger partial charge in [-0.1, -0.05) is 203 Å². The molecule has 8 rings (SSSR count). The molecule has 56 heavy (non-hydrogen) atoms. The lowest BCUT2D eigenvalue weighted by atomic mass is 9.71. The molecule has 1 unspecified atom stereocenters. The Hall–Kier alpha value is -6.31. The first-order valence-corrected chi connectivity index (χ1v) is 19.8. The lowest BCUT2D eigenvalue weighted by Gasteiger charge is -2.31. The lowest BCUT2D eigenvalue weighted by molar-refractivity contribution is 0.716. The molecule has 0 amide bonds. The zero-order chi connectivity index (χ0) is 39.7. The molecule has 1 atom stereocenters. The molecule has 0 N–H and O–H groups in total. The van der Waals surface area contributed by atoms with Crippen molar-refractivity contribution in [2.24, 2.45) is 4.99 Å². The lowest BCUT2D eigenvalue weighted by Crippen LogP contribution is -2.23. The predicted molar refractivity (Wildman–Crippen MR) is 246 cm³/mol. The van der Waals surface area contributed by atoms with Crippen LogP contribution < -0.4 is 0 Å². The Morgan fingerprint density at radius 3 is 1.64 bits per heavy atom. The average Bonchev–Trinajstić information content (AvgIpc) is 3.53. The molecule has 0 radical (unpaired) electrons. The number of hydrogen-bond donors (Lipinski definition) is 0. The maximum absolute atomic E-state index is 4.84. The van der Waals surface area contributed by atoms with Crippen LogP contribution in [0.1, 0.15) is 86.4 Å². The SMILES string of the molecule is C=C(C)c1ccccc1.C=Cc1ccccc1-c1ccccc1C1(C)c2ccccc2-c2cc(C3=CC=C(C(C)=NC(=C)c4ccccc4)CC3)ccc21.CC. The molecule has 0 heterocycles. The zero-order valence-corrected chi connectivity index (χ0v) is 33.6. The summed E-state index contributed by atoms with van der Waals surface area (Å²) in [5.41, 5.74) is 19.1. The largest absolute Gasteiger partial charge is 0.253 e. The summed E-state index contributed by atoms with van der Waals surface area (Å²) in [6.45, 7) is 22.6. The molecule has 0 aliphatic heterocycles. The van der Waals surface area contributed by atoms with E-state index in [0.717, 1.165) is 41.0 Å². The quantitative estimate of drug-likeness (QED) is 0.138. The highest BCUT2D eigenvalue weighted by molar-refractivity contribution is 6.02. The van der Waals surface area contributed by atoms with Gasteiger partial charge in [-0.05, 0) is 112 Å². The smallest absolute Gasteiger partial charge is 0.0633 e. The first-order chi connectivity index (χ1) is 27.3. The summed E-state index contributed by atoms with van der Waals surface area (Å²) >= 11 is 0. The van der Waals surface area contributed by atoms with E-state index in [0.29, 0.717) is 0 Å². The van der Waals surface area contributed by atoms with Gasteiger partial charge in [-0.15, -0.1) is 0 Å². The minimum atomic E-state index is -0.294. The number of nitrogens with zero attached hydrogens (tertiary/aromatic N) is 1. The van der Waals surface area contributed by atoms with Crippen molar-refractivity contribution in [2.45, 2.75) is 52.9 Å². The normalized spacial score (nSPS) is 15.3. The summed E-state index contributed by atoms with van der Waals surface area (Å²) in [6, 6.07) is 53.9. The minimum absolute atomic E-state index is 0.294. The van der Waals surface area contributed by atoms with Gasteiger partial charge in [0.25, 0.3) is 0 Å². The van der Waals surface area contributed by atoms with Crippen LogP contribution in [0.5, 0.6) is 0 Å².